The fourth-order valence-corrected chi connectivity index (χ4v) is 1.52. The van der Waals surface area contributed by atoms with Crippen LogP contribution in [-0.4, -0.2) is 24.1 Å². The number of rotatable bonds is 6. The lowest BCUT2D eigenvalue weighted by Crippen LogP contribution is -2.17. The summed E-state index contributed by atoms with van der Waals surface area (Å²) in [7, 11) is 0. The van der Waals surface area contributed by atoms with Crippen molar-refractivity contribution in [3.8, 4) is 5.75 Å². The number of pyridine rings is 1. The molecule has 0 amide bonds. The average Bonchev–Trinajstić information content (AvgIpc) is 3.09. The Kier molecular flexibility index (Phi) is 3.89. The van der Waals surface area contributed by atoms with Crippen molar-refractivity contribution in [3.63, 3.8) is 0 Å². The Labute approximate surface area is 99.2 Å². The molecule has 94 valence electrons. The number of nitrogens with zero attached hydrogens (tertiary/aromatic N) is 1. The third kappa shape index (κ3) is 3.93. The largest absolute Gasteiger partial charge is 0.487 e. The molecule has 1 saturated carbocycles. The first-order valence-electron chi connectivity index (χ1n) is 5.75. The maximum Gasteiger partial charge on any atom is 0.272 e. The van der Waals surface area contributed by atoms with Crippen molar-refractivity contribution < 1.29 is 13.5 Å². The molecule has 3 nitrogen and oxygen atoms in total. The van der Waals surface area contributed by atoms with Gasteiger partial charge in [0, 0.05) is 36.1 Å². The number of alkyl halides is 2. The van der Waals surface area contributed by atoms with E-state index in [0.29, 0.717) is 18.3 Å². The fraction of sp³-hybridized carbons (Fsp3) is 0.583. The van der Waals surface area contributed by atoms with Gasteiger partial charge < -0.3 is 10.1 Å². The summed E-state index contributed by atoms with van der Waals surface area (Å²) >= 11 is 0. The molecule has 0 unspecified atom stereocenters. The van der Waals surface area contributed by atoms with Crippen LogP contribution in [-0.2, 0) is 6.54 Å². The quantitative estimate of drug-likeness (QED) is 0.831. The molecule has 1 fully saturated rings. The van der Waals surface area contributed by atoms with Gasteiger partial charge in [0.15, 0.2) is 0 Å². The van der Waals surface area contributed by atoms with Crippen LogP contribution in [0.25, 0.3) is 0 Å². The zero-order valence-corrected chi connectivity index (χ0v) is 9.75. The topological polar surface area (TPSA) is 34.1 Å². The lowest BCUT2D eigenvalue weighted by atomic mass is 10.2. The van der Waals surface area contributed by atoms with Crippen LogP contribution >= 0.6 is 0 Å². The van der Waals surface area contributed by atoms with E-state index in [-0.39, 0.29) is 0 Å². The molecule has 0 radical (unpaired) electrons. The maximum atomic E-state index is 12.1. The Balaban J connectivity index is 2.00. The predicted octanol–water partition coefficient (Wildman–Crippen LogP) is 2.29. The lowest BCUT2D eigenvalue weighted by Gasteiger charge is -2.12. The van der Waals surface area contributed by atoms with Gasteiger partial charge in [0.05, 0.1) is 0 Å². The molecule has 0 bridgehead atoms. The van der Waals surface area contributed by atoms with E-state index in [4.69, 9.17) is 4.74 Å². The SMILES string of the molecule is Cc1cc(OCC(F)F)c(CNC2CC2)cn1. The highest BCUT2D eigenvalue weighted by molar-refractivity contribution is 5.33. The van der Waals surface area contributed by atoms with Crippen LogP contribution in [0.15, 0.2) is 12.3 Å². The average molecular weight is 242 g/mol. The van der Waals surface area contributed by atoms with Crippen molar-refractivity contribution in [2.24, 2.45) is 0 Å². The minimum atomic E-state index is -2.45. The van der Waals surface area contributed by atoms with Gasteiger partial charge in [0.1, 0.15) is 12.4 Å². The van der Waals surface area contributed by atoms with Crippen LogP contribution in [0.2, 0.25) is 0 Å². The number of aromatic nitrogens is 1. The van der Waals surface area contributed by atoms with Crippen molar-refractivity contribution in [1.82, 2.24) is 10.3 Å². The van der Waals surface area contributed by atoms with Crippen LogP contribution < -0.4 is 10.1 Å². The second-order valence-corrected chi connectivity index (χ2v) is 4.29. The van der Waals surface area contributed by atoms with Gasteiger partial charge in [-0.25, -0.2) is 8.78 Å². The normalized spacial score (nSPS) is 15.3. The van der Waals surface area contributed by atoms with Gasteiger partial charge in [-0.1, -0.05) is 0 Å². The highest BCUT2D eigenvalue weighted by atomic mass is 19.3. The van der Waals surface area contributed by atoms with E-state index >= 15 is 0 Å². The van der Waals surface area contributed by atoms with Gasteiger partial charge in [0.2, 0.25) is 0 Å². The third-order valence-corrected chi connectivity index (χ3v) is 2.60. The van der Waals surface area contributed by atoms with E-state index in [2.05, 4.69) is 10.3 Å². The van der Waals surface area contributed by atoms with E-state index in [0.717, 1.165) is 11.3 Å². The molecule has 17 heavy (non-hydrogen) atoms. The third-order valence-electron chi connectivity index (χ3n) is 2.60. The highest BCUT2D eigenvalue weighted by Gasteiger charge is 2.20. The highest BCUT2D eigenvalue weighted by Crippen LogP contribution is 2.23. The van der Waals surface area contributed by atoms with E-state index in [9.17, 15) is 8.78 Å². The van der Waals surface area contributed by atoms with Crippen molar-refractivity contribution in [3.05, 3.63) is 23.5 Å². The van der Waals surface area contributed by atoms with Crippen molar-refractivity contribution in [1.29, 1.82) is 0 Å². The first-order chi connectivity index (χ1) is 8.15. The van der Waals surface area contributed by atoms with Gasteiger partial charge in [-0.3, -0.25) is 4.98 Å². The first-order valence-corrected chi connectivity index (χ1v) is 5.75. The number of aryl methyl sites for hydroxylation is 1. The minimum absolute atomic E-state index is 0.506. The summed E-state index contributed by atoms with van der Waals surface area (Å²) in [4.78, 5) is 4.16. The van der Waals surface area contributed by atoms with Crippen LogP contribution in [0.1, 0.15) is 24.1 Å². The summed E-state index contributed by atoms with van der Waals surface area (Å²) in [5.41, 5.74) is 1.60. The summed E-state index contributed by atoms with van der Waals surface area (Å²) in [6.07, 6.45) is 1.61. The summed E-state index contributed by atoms with van der Waals surface area (Å²) in [5.74, 6) is 0.506. The number of hydrogen-bond donors (Lipinski definition) is 1. The summed E-state index contributed by atoms with van der Waals surface area (Å²) in [5, 5.41) is 3.31. The van der Waals surface area contributed by atoms with Crippen LogP contribution in [0.4, 0.5) is 8.78 Å². The van der Waals surface area contributed by atoms with Gasteiger partial charge >= 0.3 is 0 Å². The molecular weight excluding hydrogens is 226 g/mol. The molecule has 0 aliphatic heterocycles. The molecule has 0 saturated heterocycles. The second kappa shape index (κ2) is 5.40. The number of hydrogen-bond acceptors (Lipinski definition) is 3. The molecular formula is C12H16F2N2O. The molecule has 1 heterocycles. The molecule has 0 aromatic carbocycles. The van der Waals surface area contributed by atoms with Crippen LogP contribution in [0.5, 0.6) is 5.75 Å². The molecule has 0 spiro atoms. The molecule has 1 aliphatic rings. The van der Waals surface area contributed by atoms with Crippen LogP contribution in [0.3, 0.4) is 0 Å². The fourth-order valence-electron chi connectivity index (χ4n) is 1.52. The first kappa shape index (κ1) is 12.2. The Morgan fingerprint density at radius 2 is 2.29 bits per heavy atom. The Hall–Kier alpha value is -1.23. The second-order valence-electron chi connectivity index (χ2n) is 4.29. The predicted molar refractivity (Wildman–Crippen MR) is 60.3 cm³/mol. The van der Waals surface area contributed by atoms with Crippen LogP contribution in [0, 0.1) is 6.92 Å². The minimum Gasteiger partial charge on any atom is -0.487 e. The molecule has 1 aromatic rings. The Morgan fingerprint density at radius 1 is 1.53 bits per heavy atom. The molecule has 5 heteroatoms. The van der Waals surface area contributed by atoms with E-state index in [1.165, 1.54) is 12.8 Å². The summed E-state index contributed by atoms with van der Waals surface area (Å²) < 4.78 is 29.3. The molecule has 1 aromatic heterocycles. The number of ether oxygens (including phenoxy) is 1. The number of halogens is 2. The van der Waals surface area contributed by atoms with Crippen molar-refractivity contribution in [2.75, 3.05) is 6.61 Å². The molecule has 2 rings (SSSR count). The van der Waals surface area contributed by atoms with E-state index in [1.807, 2.05) is 6.92 Å². The molecule has 1 N–H and O–H groups in total. The molecule has 1 aliphatic carbocycles. The van der Waals surface area contributed by atoms with E-state index in [1.54, 1.807) is 12.3 Å². The zero-order valence-electron chi connectivity index (χ0n) is 9.75. The summed E-state index contributed by atoms with van der Waals surface area (Å²) in [6, 6.07) is 2.27. The maximum absolute atomic E-state index is 12.1. The van der Waals surface area contributed by atoms with Gasteiger partial charge in [0.25, 0.3) is 6.43 Å². The van der Waals surface area contributed by atoms with Gasteiger partial charge in [-0.2, -0.15) is 0 Å². The van der Waals surface area contributed by atoms with Gasteiger partial charge in [-0.05, 0) is 19.8 Å². The zero-order chi connectivity index (χ0) is 12.3. The summed E-state index contributed by atoms with van der Waals surface area (Å²) in [6.45, 7) is 1.86. The van der Waals surface area contributed by atoms with E-state index < -0.39 is 13.0 Å². The van der Waals surface area contributed by atoms with Crippen molar-refractivity contribution in [2.45, 2.75) is 38.8 Å². The lowest BCUT2D eigenvalue weighted by molar-refractivity contribution is 0.0812. The monoisotopic (exact) mass is 242 g/mol. The van der Waals surface area contributed by atoms with Crippen molar-refractivity contribution >= 4 is 0 Å². The van der Waals surface area contributed by atoms with Gasteiger partial charge in [-0.15, -0.1) is 0 Å². The molecule has 0 atom stereocenters. The Bertz CT molecular complexity index is 381. The standard InChI is InChI=1S/C12H16F2N2O/c1-8-4-11(17-7-12(13)14)9(5-15-8)6-16-10-2-3-10/h4-5,10,12,16H,2-3,6-7H2,1H3. The number of nitrogens with one attached hydrogen (secondary N) is 1. The Morgan fingerprint density at radius 3 is 2.94 bits per heavy atom. The smallest absolute Gasteiger partial charge is 0.272 e.